The predicted molar refractivity (Wildman–Crippen MR) is 83.6 cm³/mol. The fourth-order valence-corrected chi connectivity index (χ4v) is 3.30. The van der Waals surface area contributed by atoms with Gasteiger partial charge in [0, 0.05) is 31.1 Å². The molecule has 0 unspecified atom stereocenters. The van der Waals surface area contributed by atoms with Crippen LogP contribution in [0.25, 0.3) is 0 Å². The van der Waals surface area contributed by atoms with Gasteiger partial charge in [-0.15, -0.1) is 0 Å². The first-order valence-electron chi connectivity index (χ1n) is 7.66. The van der Waals surface area contributed by atoms with Crippen molar-refractivity contribution in [3.63, 3.8) is 0 Å². The second-order valence-electron chi connectivity index (χ2n) is 6.12. The van der Waals surface area contributed by atoms with Gasteiger partial charge in [0.05, 0.1) is 5.69 Å². The maximum atomic E-state index is 12.4. The molecule has 0 saturated heterocycles. The molecule has 1 aromatic carbocycles. The second kappa shape index (κ2) is 5.47. The van der Waals surface area contributed by atoms with E-state index in [1.165, 1.54) is 24.0 Å². The first kappa shape index (κ1) is 14.1. The molecule has 1 heterocycles. The molecule has 0 fully saturated rings. The Hall–Kier alpha value is -1.90. The number of fused-ring (bicyclic) bond motifs is 1. The van der Waals surface area contributed by atoms with E-state index < -0.39 is 0 Å². The molecular formula is C18H22N2O. The molecule has 1 aliphatic carbocycles. The molecule has 0 atom stereocenters. The van der Waals surface area contributed by atoms with Crippen LogP contribution in [-0.2, 0) is 37.5 Å². The first-order chi connectivity index (χ1) is 10.0. The molecule has 0 N–H and O–H groups in total. The summed E-state index contributed by atoms with van der Waals surface area (Å²) in [6.45, 7) is 4.00. The third-order valence-corrected chi connectivity index (χ3v) is 4.60. The van der Waals surface area contributed by atoms with Crippen LogP contribution in [0, 0.1) is 13.8 Å². The summed E-state index contributed by atoms with van der Waals surface area (Å²) >= 11 is 0. The molecule has 0 spiro atoms. The maximum absolute atomic E-state index is 12.4. The van der Waals surface area contributed by atoms with Crippen LogP contribution in [0.3, 0.4) is 0 Å². The first-order valence-corrected chi connectivity index (χ1v) is 7.66. The average molecular weight is 282 g/mol. The van der Waals surface area contributed by atoms with Gasteiger partial charge in [0.25, 0.3) is 0 Å². The molecule has 3 heteroatoms. The van der Waals surface area contributed by atoms with Gasteiger partial charge in [0.2, 0.25) is 0 Å². The van der Waals surface area contributed by atoms with E-state index in [0.717, 1.165) is 28.9 Å². The maximum Gasteiger partial charge on any atom is 0.141 e. The summed E-state index contributed by atoms with van der Waals surface area (Å²) in [7, 11) is 1.93. The van der Waals surface area contributed by atoms with Crippen molar-refractivity contribution in [2.24, 2.45) is 7.05 Å². The van der Waals surface area contributed by atoms with Gasteiger partial charge in [0.15, 0.2) is 0 Å². The summed E-state index contributed by atoms with van der Waals surface area (Å²) in [5, 5.41) is 4.38. The topological polar surface area (TPSA) is 34.9 Å². The molecular weight excluding hydrogens is 260 g/mol. The fourth-order valence-electron chi connectivity index (χ4n) is 3.30. The summed E-state index contributed by atoms with van der Waals surface area (Å²) < 4.78 is 1.85. The highest BCUT2D eigenvalue weighted by Crippen LogP contribution is 2.23. The van der Waals surface area contributed by atoms with Crippen molar-refractivity contribution in [2.45, 2.75) is 46.0 Å². The van der Waals surface area contributed by atoms with Crippen LogP contribution in [0.2, 0.25) is 0 Å². The van der Waals surface area contributed by atoms with Gasteiger partial charge in [-0.25, -0.2) is 0 Å². The van der Waals surface area contributed by atoms with E-state index in [4.69, 9.17) is 0 Å². The Morgan fingerprint density at radius 2 is 1.95 bits per heavy atom. The van der Waals surface area contributed by atoms with Crippen LogP contribution in [0.4, 0.5) is 0 Å². The molecule has 0 bridgehead atoms. The van der Waals surface area contributed by atoms with Crippen LogP contribution in [0.5, 0.6) is 0 Å². The lowest BCUT2D eigenvalue weighted by molar-refractivity contribution is -0.117. The molecule has 2 aromatic rings. The Balaban J connectivity index is 1.72. The van der Waals surface area contributed by atoms with Gasteiger partial charge in [0.1, 0.15) is 5.78 Å². The lowest BCUT2D eigenvalue weighted by atomic mass is 9.99. The van der Waals surface area contributed by atoms with E-state index in [-0.39, 0.29) is 5.78 Å². The second-order valence-corrected chi connectivity index (χ2v) is 6.12. The number of nitrogens with zero attached hydrogens (tertiary/aromatic N) is 2. The summed E-state index contributed by atoms with van der Waals surface area (Å²) in [6.07, 6.45) is 4.63. The van der Waals surface area contributed by atoms with Crippen molar-refractivity contribution in [3.05, 3.63) is 51.8 Å². The lowest BCUT2D eigenvalue weighted by Crippen LogP contribution is -2.08. The number of aryl methyl sites for hydroxylation is 4. The van der Waals surface area contributed by atoms with E-state index in [1.54, 1.807) is 0 Å². The molecule has 0 saturated carbocycles. The number of rotatable bonds is 4. The monoisotopic (exact) mass is 282 g/mol. The largest absolute Gasteiger partial charge is 0.299 e. The Morgan fingerprint density at radius 3 is 2.67 bits per heavy atom. The Kier molecular flexibility index (Phi) is 3.66. The molecule has 0 radical (unpaired) electrons. The molecule has 0 aliphatic heterocycles. The van der Waals surface area contributed by atoms with Crippen molar-refractivity contribution >= 4 is 5.78 Å². The smallest absolute Gasteiger partial charge is 0.141 e. The van der Waals surface area contributed by atoms with Crippen LogP contribution in [-0.4, -0.2) is 15.6 Å². The molecule has 3 nitrogen and oxygen atoms in total. The van der Waals surface area contributed by atoms with E-state index in [9.17, 15) is 4.79 Å². The minimum absolute atomic E-state index is 0.271. The van der Waals surface area contributed by atoms with E-state index in [1.807, 2.05) is 25.6 Å². The highest BCUT2D eigenvalue weighted by Gasteiger charge is 2.15. The fraction of sp³-hybridized carbons (Fsp3) is 0.444. The van der Waals surface area contributed by atoms with Crippen molar-refractivity contribution in [1.82, 2.24) is 9.78 Å². The number of Topliss-reactive ketones (excluding diaryl/α,β-unsaturated/α-hetero) is 1. The number of ketones is 1. The van der Waals surface area contributed by atoms with Gasteiger partial charge in [-0.1, -0.05) is 18.2 Å². The Bertz CT molecular complexity index is 697. The van der Waals surface area contributed by atoms with Crippen LogP contribution < -0.4 is 0 Å². The summed E-state index contributed by atoms with van der Waals surface area (Å²) in [4.78, 5) is 12.4. The highest BCUT2D eigenvalue weighted by atomic mass is 16.1. The number of hydrogen-bond acceptors (Lipinski definition) is 2. The van der Waals surface area contributed by atoms with E-state index in [2.05, 4.69) is 23.3 Å². The zero-order chi connectivity index (χ0) is 15.0. The molecule has 21 heavy (non-hydrogen) atoms. The van der Waals surface area contributed by atoms with Crippen LogP contribution in [0.15, 0.2) is 18.2 Å². The third-order valence-electron chi connectivity index (χ3n) is 4.60. The van der Waals surface area contributed by atoms with Gasteiger partial charge < -0.3 is 0 Å². The zero-order valence-corrected chi connectivity index (χ0v) is 13.1. The number of carbonyl (C=O) groups excluding carboxylic acids is 1. The number of hydrogen-bond donors (Lipinski definition) is 0. The van der Waals surface area contributed by atoms with Gasteiger partial charge in [-0.2, -0.15) is 5.10 Å². The zero-order valence-electron chi connectivity index (χ0n) is 13.1. The predicted octanol–water partition coefficient (Wildman–Crippen LogP) is 2.88. The number of aromatic nitrogens is 2. The van der Waals surface area contributed by atoms with Crippen molar-refractivity contribution in [1.29, 1.82) is 0 Å². The van der Waals surface area contributed by atoms with E-state index >= 15 is 0 Å². The summed E-state index contributed by atoms with van der Waals surface area (Å²) in [5.41, 5.74) is 7.20. The normalized spacial score (nSPS) is 13.5. The minimum atomic E-state index is 0.271. The number of benzene rings is 1. The average Bonchev–Trinajstić information content (AvgIpc) is 2.99. The molecule has 1 aromatic heterocycles. The SMILES string of the molecule is Cc1nn(C)c(C)c1CC(=O)Cc1ccc2c(c1)CCC2. The number of carbonyl (C=O) groups is 1. The van der Waals surface area contributed by atoms with Gasteiger partial charge in [-0.05, 0) is 49.8 Å². The minimum Gasteiger partial charge on any atom is -0.299 e. The molecule has 110 valence electrons. The quantitative estimate of drug-likeness (QED) is 0.864. The van der Waals surface area contributed by atoms with Gasteiger partial charge in [-0.3, -0.25) is 9.48 Å². The van der Waals surface area contributed by atoms with Gasteiger partial charge >= 0.3 is 0 Å². The molecule has 1 aliphatic rings. The van der Waals surface area contributed by atoms with E-state index in [0.29, 0.717) is 12.8 Å². The van der Waals surface area contributed by atoms with Crippen molar-refractivity contribution in [2.75, 3.05) is 0 Å². The summed E-state index contributed by atoms with van der Waals surface area (Å²) in [5.74, 6) is 0.271. The third kappa shape index (κ3) is 2.78. The van der Waals surface area contributed by atoms with Crippen LogP contribution >= 0.6 is 0 Å². The van der Waals surface area contributed by atoms with Crippen LogP contribution in [0.1, 0.15) is 40.1 Å². The molecule has 3 rings (SSSR count). The highest BCUT2D eigenvalue weighted by molar-refractivity contribution is 5.83. The standard InChI is InChI=1S/C18H22N2O/c1-12-18(13(2)20(3)19-12)11-17(21)10-14-7-8-15-5-4-6-16(15)9-14/h7-9H,4-6,10-11H2,1-3H3. The van der Waals surface area contributed by atoms with Crippen molar-refractivity contribution < 1.29 is 4.79 Å². The lowest BCUT2D eigenvalue weighted by Gasteiger charge is -2.05. The molecule has 0 amide bonds. The summed E-state index contributed by atoms with van der Waals surface area (Å²) in [6, 6.07) is 6.54. The Morgan fingerprint density at radius 1 is 1.19 bits per heavy atom. The Labute approximate surface area is 126 Å². The van der Waals surface area contributed by atoms with Crippen molar-refractivity contribution in [3.8, 4) is 0 Å².